The second-order valence-corrected chi connectivity index (χ2v) is 5.84. The number of fused-ring (bicyclic) bond motifs is 1. The number of hydrogen-bond donors (Lipinski definition) is 0. The summed E-state index contributed by atoms with van der Waals surface area (Å²) in [6, 6.07) is 11.4. The highest BCUT2D eigenvalue weighted by Crippen LogP contribution is 2.31. The molecule has 0 fully saturated rings. The Morgan fingerprint density at radius 1 is 1.29 bits per heavy atom. The number of benzene rings is 1. The van der Waals surface area contributed by atoms with Gasteiger partial charge < -0.3 is 14.1 Å². The molecule has 5 heteroatoms. The predicted molar refractivity (Wildman–Crippen MR) is 90.5 cm³/mol. The van der Waals surface area contributed by atoms with E-state index in [2.05, 4.69) is 0 Å². The van der Waals surface area contributed by atoms with E-state index >= 15 is 0 Å². The van der Waals surface area contributed by atoms with Crippen LogP contribution in [0.3, 0.4) is 0 Å². The highest BCUT2D eigenvalue weighted by Gasteiger charge is 2.30. The first kappa shape index (κ1) is 16.1. The molecule has 1 atom stereocenters. The van der Waals surface area contributed by atoms with E-state index in [1.165, 1.54) is 12.2 Å². The minimum atomic E-state index is -0.572. The lowest BCUT2D eigenvalue weighted by atomic mass is 10.1. The quantitative estimate of drug-likeness (QED) is 0.640. The van der Waals surface area contributed by atoms with Crippen LogP contribution in [0, 0.1) is 6.92 Å². The second kappa shape index (κ2) is 6.74. The molecule has 0 N–H and O–H groups in total. The Labute approximate surface area is 140 Å². The highest BCUT2D eigenvalue weighted by molar-refractivity contribution is 5.98. The number of hydrogen-bond acceptors (Lipinski definition) is 4. The Bertz CT molecular complexity index is 790. The maximum Gasteiger partial charge on any atom is 0.331 e. The van der Waals surface area contributed by atoms with Crippen LogP contribution in [0.4, 0.5) is 5.69 Å². The average molecular weight is 325 g/mol. The number of carbonyl (C=O) groups excluding carboxylic acids is 2. The van der Waals surface area contributed by atoms with Gasteiger partial charge in [-0.15, -0.1) is 0 Å². The van der Waals surface area contributed by atoms with Crippen LogP contribution in [0.1, 0.15) is 24.0 Å². The zero-order valence-electron chi connectivity index (χ0n) is 13.7. The number of aryl methyl sites for hydroxylation is 1. The minimum Gasteiger partial charge on any atom is -0.462 e. The first-order valence-corrected chi connectivity index (χ1v) is 7.86. The van der Waals surface area contributed by atoms with Crippen LogP contribution in [0.15, 0.2) is 46.9 Å². The summed E-state index contributed by atoms with van der Waals surface area (Å²) >= 11 is 0. The molecule has 1 amide bonds. The number of esters is 1. The van der Waals surface area contributed by atoms with Gasteiger partial charge in [0, 0.05) is 17.8 Å². The minimum absolute atomic E-state index is 0.0650. The van der Waals surface area contributed by atoms with Crippen molar-refractivity contribution in [2.45, 2.75) is 26.3 Å². The van der Waals surface area contributed by atoms with Crippen LogP contribution in [0.25, 0.3) is 6.08 Å². The fourth-order valence-corrected chi connectivity index (χ4v) is 2.89. The van der Waals surface area contributed by atoms with Crippen molar-refractivity contribution in [3.8, 4) is 0 Å². The van der Waals surface area contributed by atoms with E-state index in [0.717, 1.165) is 23.4 Å². The van der Waals surface area contributed by atoms with Gasteiger partial charge in [0.15, 0.2) is 6.61 Å². The fraction of sp³-hybridized carbons (Fsp3) is 0.263. The predicted octanol–water partition coefficient (Wildman–Crippen LogP) is 3.12. The number of ether oxygens (including phenoxy) is 1. The number of rotatable bonds is 4. The molecule has 24 heavy (non-hydrogen) atoms. The molecule has 0 spiro atoms. The van der Waals surface area contributed by atoms with Gasteiger partial charge in [0.25, 0.3) is 5.91 Å². The Kier molecular flexibility index (Phi) is 4.51. The molecule has 1 aromatic heterocycles. The molecule has 1 aliphatic heterocycles. The van der Waals surface area contributed by atoms with E-state index in [9.17, 15) is 9.59 Å². The number of nitrogens with zero attached hydrogens (tertiary/aromatic N) is 1. The fourth-order valence-electron chi connectivity index (χ4n) is 2.89. The van der Waals surface area contributed by atoms with Crippen LogP contribution in [0.5, 0.6) is 0 Å². The molecule has 0 radical (unpaired) electrons. The van der Waals surface area contributed by atoms with Crippen molar-refractivity contribution < 1.29 is 18.7 Å². The highest BCUT2D eigenvalue weighted by atomic mass is 16.5. The lowest BCUT2D eigenvalue weighted by molar-refractivity contribution is -0.143. The van der Waals surface area contributed by atoms with Gasteiger partial charge in [-0.25, -0.2) is 4.79 Å². The van der Waals surface area contributed by atoms with Gasteiger partial charge in [0.05, 0.1) is 0 Å². The summed E-state index contributed by atoms with van der Waals surface area (Å²) in [6.45, 7) is 3.53. The van der Waals surface area contributed by atoms with Crippen molar-refractivity contribution in [2.75, 3.05) is 11.5 Å². The van der Waals surface area contributed by atoms with Gasteiger partial charge in [-0.2, -0.15) is 0 Å². The maximum atomic E-state index is 12.4. The zero-order chi connectivity index (χ0) is 17.1. The summed E-state index contributed by atoms with van der Waals surface area (Å²) in [7, 11) is 0. The summed E-state index contributed by atoms with van der Waals surface area (Å²) in [6.07, 6.45) is 3.59. The van der Waals surface area contributed by atoms with E-state index in [1.807, 2.05) is 38.1 Å². The summed E-state index contributed by atoms with van der Waals surface area (Å²) in [5.41, 5.74) is 2.03. The molecule has 0 saturated carbocycles. The summed E-state index contributed by atoms with van der Waals surface area (Å²) in [4.78, 5) is 25.9. The van der Waals surface area contributed by atoms with E-state index in [-0.39, 0.29) is 18.6 Å². The maximum absolute atomic E-state index is 12.4. The lowest BCUT2D eigenvalue weighted by Gasteiger charge is -2.22. The molecule has 124 valence electrons. The van der Waals surface area contributed by atoms with Crippen LogP contribution < -0.4 is 4.90 Å². The molecule has 0 saturated heterocycles. The van der Waals surface area contributed by atoms with Crippen molar-refractivity contribution in [2.24, 2.45) is 0 Å². The number of amides is 1. The van der Waals surface area contributed by atoms with Crippen LogP contribution in [-0.2, 0) is 20.7 Å². The second-order valence-electron chi connectivity index (χ2n) is 5.84. The first-order valence-electron chi connectivity index (χ1n) is 7.86. The topological polar surface area (TPSA) is 59.8 Å². The van der Waals surface area contributed by atoms with Gasteiger partial charge in [-0.05, 0) is 50.1 Å². The van der Waals surface area contributed by atoms with Crippen LogP contribution in [-0.4, -0.2) is 24.5 Å². The summed E-state index contributed by atoms with van der Waals surface area (Å²) < 4.78 is 10.4. The molecule has 5 nitrogen and oxygen atoms in total. The smallest absolute Gasteiger partial charge is 0.331 e. The van der Waals surface area contributed by atoms with E-state index in [0.29, 0.717) is 5.76 Å². The number of furan rings is 1. The van der Waals surface area contributed by atoms with Gasteiger partial charge >= 0.3 is 5.97 Å². The van der Waals surface area contributed by atoms with Crippen molar-refractivity contribution in [3.63, 3.8) is 0 Å². The van der Waals surface area contributed by atoms with Crippen LogP contribution in [0.2, 0.25) is 0 Å². The molecule has 0 unspecified atom stereocenters. The van der Waals surface area contributed by atoms with Gasteiger partial charge in [0.1, 0.15) is 11.5 Å². The average Bonchev–Trinajstić information content (AvgIpc) is 3.12. The third-order valence-electron chi connectivity index (χ3n) is 3.96. The lowest BCUT2D eigenvalue weighted by Crippen LogP contribution is -2.38. The molecular formula is C19H19NO4. The monoisotopic (exact) mass is 325 g/mol. The van der Waals surface area contributed by atoms with Gasteiger partial charge in [-0.1, -0.05) is 18.2 Å². The molecule has 2 heterocycles. The normalized spacial score (nSPS) is 16.4. The molecule has 1 aromatic carbocycles. The number of carbonyl (C=O) groups is 2. The summed E-state index contributed by atoms with van der Waals surface area (Å²) in [5, 5.41) is 0. The Morgan fingerprint density at radius 2 is 2.08 bits per heavy atom. The summed E-state index contributed by atoms with van der Waals surface area (Å²) in [5.74, 6) is 0.540. The number of para-hydroxylation sites is 1. The Hall–Kier alpha value is -2.82. The largest absolute Gasteiger partial charge is 0.462 e. The van der Waals surface area contributed by atoms with Gasteiger partial charge in [0.2, 0.25) is 0 Å². The molecule has 1 aliphatic rings. The molecule has 2 aromatic rings. The van der Waals surface area contributed by atoms with E-state index in [4.69, 9.17) is 9.15 Å². The Balaban J connectivity index is 1.57. The third-order valence-corrected chi connectivity index (χ3v) is 3.96. The van der Waals surface area contributed by atoms with Crippen molar-refractivity contribution in [1.29, 1.82) is 0 Å². The zero-order valence-corrected chi connectivity index (χ0v) is 13.7. The van der Waals surface area contributed by atoms with Crippen molar-refractivity contribution >= 4 is 23.6 Å². The SMILES string of the molecule is Cc1ccc(/C=C/C(=O)OCC(=O)N2c3ccccc3C[C@@H]2C)o1. The standard InChI is InChI=1S/C19H19NO4/c1-13-11-15-5-3-4-6-17(15)20(13)18(21)12-23-19(22)10-9-16-8-7-14(2)24-16/h3-10,13H,11-12H2,1-2H3/b10-9+/t13-/m0/s1. The van der Waals surface area contributed by atoms with Crippen LogP contribution >= 0.6 is 0 Å². The van der Waals surface area contributed by atoms with Crippen molar-refractivity contribution in [3.05, 3.63) is 59.6 Å². The molecule has 0 bridgehead atoms. The number of anilines is 1. The van der Waals surface area contributed by atoms with Crippen molar-refractivity contribution in [1.82, 2.24) is 0 Å². The molecule has 0 aliphatic carbocycles. The van der Waals surface area contributed by atoms with E-state index < -0.39 is 5.97 Å². The van der Waals surface area contributed by atoms with E-state index in [1.54, 1.807) is 17.0 Å². The Morgan fingerprint density at radius 3 is 2.83 bits per heavy atom. The first-order chi connectivity index (χ1) is 11.5. The molecule has 3 rings (SSSR count). The van der Waals surface area contributed by atoms with Gasteiger partial charge in [-0.3, -0.25) is 4.79 Å². The molecular weight excluding hydrogens is 306 g/mol. The third kappa shape index (κ3) is 3.40.